The molecule has 0 unspecified atom stereocenters. The molecule has 0 radical (unpaired) electrons. The van der Waals surface area contributed by atoms with E-state index >= 15 is 0 Å². The molecule has 2 amide bonds. The zero-order chi connectivity index (χ0) is 17.6. The van der Waals surface area contributed by atoms with Crippen LogP contribution in [-0.2, 0) is 22.5 Å². The Morgan fingerprint density at radius 3 is 2.92 bits per heavy atom. The molecule has 132 valence electrons. The first-order valence-corrected chi connectivity index (χ1v) is 9.84. The number of nitrogens with one attached hydrogen (secondary N) is 1. The first kappa shape index (κ1) is 17.8. The summed E-state index contributed by atoms with van der Waals surface area (Å²) in [6.07, 6.45) is 0.380. The summed E-state index contributed by atoms with van der Waals surface area (Å²) < 4.78 is 5.04. The Hall–Kier alpha value is -2.06. The van der Waals surface area contributed by atoms with Crippen molar-refractivity contribution in [3.05, 3.63) is 40.9 Å². The summed E-state index contributed by atoms with van der Waals surface area (Å²) in [5, 5.41) is 3.44. The van der Waals surface area contributed by atoms with Gasteiger partial charge in [-0.15, -0.1) is 11.8 Å². The molecule has 1 aromatic carbocycles. The molecule has 1 aliphatic rings. The summed E-state index contributed by atoms with van der Waals surface area (Å²) in [5.74, 6) is 0.255. The van der Waals surface area contributed by atoms with Crippen LogP contribution in [0.3, 0.4) is 0 Å². The van der Waals surface area contributed by atoms with Crippen molar-refractivity contribution in [3.8, 4) is 0 Å². The van der Waals surface area contributed by atoms with Gasteiger partial charge in [0.25, 0.3) is 0 Å². The van der Waals surface area contributed by atoms with Gasteiger partial charge < -0.3 is 15.0 Å². The molecule has 0 fully saturated rings. The quantitative estimate of drug-likeness (QED) is 0.809. The third-order valence-electron chi connectivity index (χ3n) is 3.62. The molecule has 1 aromatic heterocycles. The zero-order valence-electron chi connectivity index (χ0n) is 13.9. The molecule has 0 spiro atoms. The van der Waals surface area contributed by atoms with Gasteiger partial charge in [-0.3, -0.25) is 4.79 Å². The van der Waals surface area contributed by atoms with E-state index in [9.17, 15) is 9.59 Å². The number of fused-ring (bicyclic) bond motifs is 1. The van der Waals surface area contributed by atoms with Crippen LogP contribution in [0.1, 0.15) is 17.5 Å². The number of hydrogen-bond acceptors (Lipinski definition) is 6. The van der Waals surface area contributed by atoms with Crippen molar-refractivity contribution in [3.63, 3.8) is 0 Å². The van der Waals surface area contributed by atoms with Crippen LogP contribution >= 0.6 is 23.1 Å². The highest BCUT2D eigenvalue weighted by Gasteiger charge is 2.25. The van der Waals surface area contributed by atoms with E-state index in [1.165, 1.54) is 23.1 Å². The van der Waals surface area contributed by atoms with E-state index in [-0.39, 0.29) is 12.0 Å². The summed E-state index contributed by atoms with van der Waals surface area (Å²) in [5.41, 5.74) is 0.955. The number of ether oxygens (including phenoxy) is 1. The summed E-state index contributed by atoms with van der Waals surface area (Å²) in [6, 6.07) is 9.80. The van der Waals surface area contributed by atoms with Crippen LogP contribution in [-0.4, -0.2) is 40.8 Å². The average molecular weight is 377 g/mol. The van der Waals surface area contributed by atoms with E-state index in [4.69, 9.17) is 4.74 Å². The van der Waals surface area contributed by atoms with Crippen LogP contribution in [0.25, 0.3) is 0 Å². The Labute approximate surface area is 154 Å². The van der Waals surface area contributed by atoms with Gasteiger partial charge in [-0.25, -0.2) is 9.78 Å². The second-order valence-corrected chi connectivity index (χ2v) is 7.54. The number of rotatable bonds is 5. The van der Waals surface area contributed by atoms with E-state index in [0.29, 0.717) is 37.0 Å². The van der Waals surface area contributed by atoms with Crippen molar-refractivity contribution < 1.29 is 14.3 Å². The molecule has 1 N–H and O–H groups in total. The number of anilines is 1. The molecule has 1 aliphatic heterocycles. The van der Waals surface area contributed by atoms with Crippen molar-refractivity contribution >= 4 is 40.2 Å². The maximum absolute atomic E-state index is 12.1. The third-order valence-corrected chi connectivity index (χ3v) is 5.63. The topological polar surface area (TPSA) is 71.5 Å². The molecule has 0 atom stereocenters. The van der Waals surface area contributed by atoms with Crippen LogP contribution in [0.4, 0.5) is 9.93 Å². The van der Waals surface area contributed by atoms with Crippen molar-refractivity contribution in [1.29, 1.82) is 0 Å². The lowest BCUT2D eigenvalue weighted by atomic mass is 10.2. The molecular formula is C17H19N3O3S2. The minimum atomic E-state index is -0.300. The highest BCUT2D eigenvalue weighted by molar-refractivity contribution is 8.00. The summed E-state index contributed by atoms with van der Waals surface area (Å²) in [4.78, 5) is 32.1. The van der Waals surface area contributed by atoms with E-state index in [1.807, 2.05) is 30.3 Å². The minimum Gasteiger partial charge on any atom is -0.450 e. The maximum Gasteiger partial charge on any atom is 0.410 e. The molecule has 0 bridgehead atoms. The largest absolute Gasteiger partial charge is 0.450 e. The van der Waals surface area contributed by atoms with Crippen molar-refractivity contribution in [1.82, 2.24) is 9.88 Å². The fourth-order valence-corrected chi connectivity index (χ4v) is 4.20. The number of thiazole rings is 1. The van der Waals surface area contributed by atoms with Crippen LogP contribution in [0.2, 0.25) is 0 Å². The van der Waals surface area contributed by atoms with Gasteiger partial charge in [-0.1, -0.05) is 29.5 Å². The van der Waals surface area contributed by atoms with Crippen LogP contribution in [0.5, 0.6) is 0 Å². The Balaban J connectivity index is 1.55. The van der Waals surface area contributed by atoms with E-state index in [2.05, 4.69) is 10.3 Å². The number of thioether (sulfide) groups is 1. The molecule has 25 heavy (non-hydrogen) atoms. The average Bonchev–Trinajstić information content (AvgIpc) is 3.02. The molecular weight excluding hydrogens is 358 g/mol. The van der Waals surface area contributed by atoms with Gasteiger partial charge in [0.1, 0.15) is 0 Å². The van der Waals surface area contributed by atoms with E-state index in [0.717, 1.165) is 15.5 Å². The van der Waals surface area contributed by atoms with E-state index in [1.54, 1.807) is 11.8 Å². The van der Waals surface area contributed by atoms with Gasteiger partial charge in [0.2, 0.25) is 5.91 Å². The third kappa shape index (κ3) is 4.73. The van der Waals surface area contributed by atoms with Crippen molar-refractivity contribution in [2.75, 3.05) is 24.2 Å². The van der Waals surface area contributed by atoms with Gasteiger partial charge in [0.05, 0.1) is 24.6 Å². The highest BCUT2D eigenvalue weighted by Crippen LogP contribution is 2.29. The van der Waals surface area contributed by atoms with Gasteiger partial charge >= 0.3 is 6.09 Å². The van der Waals surface area contributed by atoms with Gasteiger partial charge in [0, 0.05) is 22.7 Å². The number of benzene rings is 1. The predicted molar refractivity (Wildman–Crippen MR) is 99.0 cm³/mol. The lowest BCUT2D eigenvalue weighted by Gasteiger charge is -2.24. The zero-order valence-corrected chi connectivity index (χ0v) is 15.5. The number of amides is 2. The van der Waals surface area contributed by atoms with Gasteiger partial charge in [-0.2, -0.15) is 0 Å². The smallest absolute Gasteiger partial charge is 0.410 e. The fraction of sp³-hybridized carbons (Fsp3) is 0.353. The number of carbonyl (C=O) groups excluding carboxylic acids is 2. The van der Waals surface area contributed by atoms with Gasteiger partial charge in [0.15, 0.2) is 5.13 Å². The molecule has 0 saturated carbocycles. The molecule has 0 saturated heterocycles. The summed E-state index contributed by atoms with van der Waals surface area (Å²) in [7, 11) is 0. The van der Waals surface area contributed by atoms with Gasteiger partial charge in [-0.05, 0) is 19.1 Å². The monoisotopic (exact) mass is 377 g/mol. The first-order valence-electron chi connectivity index (χ1n) is 8.03. The normalized spacial score (nSPS) is 13.2. The maximum atomic E-state index is 12.1. The second kappa shape index (κ2) is 8.35. The SMILES string of the molecule is CCOC(=O)N1CCc2nc(NC(=O)CSc3ccccc3)sc2C1. The van der Waals surface area contributed by atoms with Crippen LogP contribution < -0.4 is 5.32 Å². The first-order chi connectivity index (χ1) is 12.2. The number of hydrogen-bond donors (Lipinski definition) is 1. The molecule has 3 rings (SSSR count). The molecule has 2 aromatic rings. The number of aromatic nitrogens is 1. The molecule has 6 nitrogen and oxygen atoms in total. The Morgan fingerprint density at radius 2 is 2.16 bits per heavy atom. The van der Waals surface area contributed by atoms with Crippen LogP contribution in [0.15, 0.2) is 35.2 Å². The molecule has 2 heterocycles. The minimum absolute atomic E-state index is 0.0813. The van der Waals surface area contributed by atoms with Crippen LogP contribution in [0, 0.1) is 0 Å². The Morgan fingerprint density at radius 1 is 1.36 bits per heavy atom. The summed E-state index contributed by atoms with van der Waals surface area (Å²) >= 11 is 2.91. The number of carbonyl (C=O) groups is 2. The van der Waals surface area contributed by atoms with E-state index < -0.39 is 0 Å². The highest BCUT2D eigenvalue weighted by atomic mass is 32.2. The predicted octanol–water partition coefficient (Wildman–Crippen LogP) is 3.39. The fourth-order valence-electron chi connectivity index (χ4n) is 2.44. The van der Waals surface area contributed by atoms with Crippen molar-refractivity contribution in [2.24, 2.45) is 0 Å². The van der Waals surface area contributed by atoms with Crippen molar-refractivity contribution in [2.45, 2.75) is 24.8 Å². The second-order valence-electron chi connectivity index (χ2n) is 5.41. The molecule has 8 heteroatoms. The molecule has 0 aliphatic carbocycles. The Kier molecular flexibility index (Phi) is 5.93. The standard InChI is InChI=1S/C17H19N3O3S2/c1-2-23-17(22)20-9-8-13-14(10-20)25-16(18-13)19-15(21)11-24-12-6-4-3-5-7-12/h3-7H,2,8-11H2,1H3,(H,18,19,21). The Bertz CT molecular complexity index is 749. The summed E-state index contributed by atoms with van der Waals surface area (Å²) in [6.45, 7) is 3.24. The number of nitrogens with zero attached hydrogens (tertiary/aromatic N) is 2. The lowest BCUT2D eigenvalue weighted by molar-refractivity contribution is -0.113. The lowest BCUT2D eigenvalue weighted by Crippen LogP contribution is -2.35.